The third-order valence-corrected chi connectivity index (χ3v) is 2.17. The summed E-state index contributed by atoms with van der Waals surface area (Å²) in [4.78, 5) is 16.8. The fourth-order valence-corrected chi connectivity index (χ4v) is 1.43. The summed E-state index contributed by atoms with van der Waals surface area (Å²) in [6.45, 7) is 0. The molecule has 3 aromatic rings. The SMILES string of the molecule is [c]1nc2ccccc2nc1-c1ncccn1. The lowest BCUT2D eigenvalue weighted by Crippen LogP contribution is -1.93. The zero-order valence-electron chi connectivity index (χ0n) is 8.33. The molecule has 0 aliphatic heterocycles. The molecular weight excluding hydrogens is 200 g/mol. The van der Waals surface area contributed by atoms with Crippen LogP contribution in [0.2, 0.25) is 0 Å². The van der Waals surface area contributed by atoms with Gasteiger partial charge in [-0.2, -0.15) is 0 Å². The molecule has 0 unspecified atom stereocenters. The van der Waals surface area contributed by atoms with Gasteiger partial charge in [0.15, 0.2) is 5.82 Å². The van der Waals surface area contributed by atoms with Crippen molar-refractivity contribution in [1.29, 1.82) is 0 Å². The van der Waals surface area contributed by atoms with Gasteiger partial charge in [0.05, 0.1) is 11.0 Å². The maximum Gasteiger partial charge on any atom is 0.180 e. The van der Waals surface area contributed by atoms with Gasteiger partial charge in [0, 0.05) is 12.4 Å². The van der Waals surface area contributed by atoms with E-state index in [1.807, 2.05) is 24.3 Å². The molecule has 0 amide bonds. The van der Waals surface area contributed by atoms with E-state index in [1.54, 1.807) is 18.5 Å². The molecule has 1 aromatic carbocycles. The van der Waals surface area contributed by atoms with Crippen LogP contribution in [0.1, 0.15) is 0 Å². The molecule has 0 bridgehead atoms. The van der Waals surface area contributed by atoms with E-state index < -0.39 is 0 Å². The summed E-state index contributed by atoms with van der Waals surface area (Å²) in [5.41, 5.74) is 2.21. The van der Waals surface area contributed by atoms with Gasteiger partial charge in [-0.1, -0.05) is 12.1 Å². The smallest absolute Gasteiger partial charge is 0.180 e. The fraction of sp³-hybridized carbons (Fsp3) is 0. The maximum atomic E-state index is 4.40. The van der Waals surface area contributed by atoms with Crippen LogP contribution in [-0.2, 0) is 0 Å². The van der Waals surface area contributed by atoms with Crippen LogP contribution in [0.3, 0.4) is 0 Å². The number of para-hydroxylation sites is 2. The van der Waals surface area contributed by atoms with Crippen molar-refractivity contribution in [3.8, 4) is 11.5 Å². The van der Waals surface area contributed by atoms with E-state index >= 15 is 0 Å². The normalized spacial score (nSPS) is 10.5. The summed E-state index contributed by atoms with van der Waals surface area (Å²) in [5.74, 6) is 0.542. The Labute approximate surface area is 92.0 Å². The van der Waals surface area contributed by atoms with E-state index in [2.05, 4.69) is 26.1 Å². The minimum Gasteiger partial charge on any atom is -0.242 e. The average molecular weight is 207 g/mol. The number of hydrogen-bond acceptors (Lipinski definition) is 4. The predicted molar refractivity (Wildman–Crippen MR) is 59.4 cm³/mol. The van der Waals surface area contributed by atoms with Gasteiger partial charge in [-0.15, -0.1) is 0 Å². The van der Waals surface area contributed by atoms with Crippen LogP contribution < -0.4 is 0 Å². The Bertz CT molecular complexity index is 622. The molecular formula is C12H7N4. The molecule has 0 fully saturated rings. The predicted octanol–water partition coefficient (Wildman–Crippen LogP) is 1.89. The second kappa shape index (κ2) is 3.66. The first-order valence-electron chi connectivity index (χ1n) is 4.85. The van der Waals surface area contributed by atoms with Crippen LogP contribution in [-0.4, -0.2) is 19.9 Å². The van der Waals surface area contributed by atoms with Gasteiger partial charge in [0.2, 0.25) is 0 Å². The number of benzene rings is 1. The van der Waals surface area contributed by atoms with Gasteiger partial charge in [0.1, 0.15) is 11.9 Å². The molecule has 0 N–H and O–H groups in total. The molecule has 2 aromatic heterocycles. The fourth-order valence-electron chi connectivity index (χ4n) is 1.43. The number of nitrogens with zero attached hydrogens (tertiary/aromatic N) is 4. The zero-order chi connectivity index (χ0) is 10.8. The quantitative estimate of drug-likeness (QED) is 0.611. The van der Waals surface area contributed by atoms with Crippen molar-refractivity contribution < 1.29 is 0 Å². The largest absolute Gasteiger partial charge is 0.242 e. The van der Waals surface area contributed by atoms with Gasteiger partial charge in [0.25, 0.3) is 0 Å². The van der Waals surface area contributed by atoms with Crippen molar-refractivity contribution in [2.24, 2.45) is 0 Å². The van der Waals surface area contributed by atoms with Crippen molar-refractivity contribution in [2.45, 2.75) is 0 Å². The average Bonchev–Trinajstić information content (AvgIpc) is 2.39. The maximum absolute atomic E-state index is 4.40. The Morgan fingerprint density at radius 2 is 1.62 bits per heavy atom. The molecule has 1 radical (unpaired) electrons. The van der Waals surface area contributed by atoms with Crippen molar-refractivity contribution >= 4 is 11.0 Å². The Morgan fingerprint density at radius 3 is 2.44 bits per heavy atom. The van der Waals surface area contributed by atoms with E-state index in [0.717, 1.165) is 11.0 Å². The van der Waals surface area contributed by atoms with E-state index in [-0.39, 0.29) is 0 Å². The lowest BCUT2D eigenvalue weighted by molar-refractivity contribution is 1.13. The molecule has 0 saturated carbocycles. The molecule has 4 nitrogen and oxygen atoms in total. The van der Waals surface area contributed by atoms with Crippen LogP contribution in [0.5, 0.6) is 0 Å². The molecule has 3 rings (SSSR count). The minimum atomic E-state index is 0.542. The van der Waals surface area contributed by atoms with Gasteiger partial charge < -0.3 is 0 Å². The molecule has 0 aliphatic carbocycles. The molecule has 0 spiro atoms. The highest BCUT2D eigenvalue weighted by atomic mass is 14.9. The third kappa shape index (κ3) is 1.50. The Balaban J connectivity index is 2.19. The van der Waals surface area contributed by atoms with Crippen LogP contribution in [0.25, 0.3) is 22.6 Å². The highest BCUT2D eigenvalue weighted by molar-refractivity contribution is 5.75. The summed E-state index contributed by atoms with van der Waals surface area (Å²) < 4.78 is 0. The summed E-state index contributed by atoms with van der Waals surface area (Å²) in [7, 11) is 0. The van der Waals surface area contributed by atoms with Gasteiger partial charge >= 0.3 is 0 Å². The van der Waals surface area contributed by atoms with Crippen LogP contribution in [0, 0.1) is 6.20 Å². The molecule has 0 aliphatic rings. The van der Waals surface area contributed by atoms with E-state index in [4.69, 9.17) is 0 Å². The summed E-state index contributed by atoms with van der Waals surface area (Å²) in [6, 6.07) is 9.41. The first-order valence-corrected chi connectivity index (χ1v) is 4.85. The lowest BCUT2D eigenvalue weighted by atomic mass is 10.3. The Hall–Kier alpha value is -2.36. The molecule has 16 heavy (non-hydrogen) atoms. The highest BCUT2D eigenvalue weighted by Crippen LogP contribution is 2.13. The second-order valence-electron chi connectivity index (χ2n) is 3.25. The minimum absolute atomic E-state index is 0.542. The standard InChI is InChI=1S/C12H7N4/c1-2-5-10-9(4-1)15-8-11(16-10)12-13-6-3-7-14-12/h1-7H. The van der Waals surface area contributed by atoms with Crippen molar-refractivity contribution in [3.63, 3.8) is 0 Å². The number of aromatic nitrogens is 4. The monoisotopic (exact) mass is 207 g/mol. The number of hydrogen-bond donors (Lipinski definition) is 0. The van der Waals surface area contributed by atoms with Gasteiger partial charge in [-0.3, -0.25) is 0 Å². The van der Waals surface area contributed by atoms with E-state index in [0.29, 0.717) is 11.5 Å². The molecule has 0 saturated heterocycles. The van der Waals surface area contributed by atoms with Gasteiger partial charge in [-0.05, 0) is 18.2 Å². The molecule has 0 atom stereocenters. The van der Waals surface area contributed by atoms with Crippen molar-refractivity contribution in [3.05, 3.63) is 48.9 Å². The molecule has 4 heteroatoms. The summed E-state index contributed by atoms with van der Waals surface area (Å²) in [5, 5.41) is 0. The van der Waals surface area contributed by atoms with E-state index in [9.17, 15) is 0 Å². The third-order valence-electron chi connectivity index (χ3n) is 2.17. The second-order valence-corrected chi connectivity index (χ2v) is 3.25. The van der Waals surface area contributed by atoms with Gasteiger partial charge in [-0.25, -0.2) is 19.9 Å². The summed E-state index contributed by atoms with van der Waals surface area (Å²) >= 11 is 0. The molecule has 2 heterocycles. The number of fused-ring (bicyclic) bond motifs is 1. The highest BCUT2D eigenvalue weighted by Gasteiger charge is 2.04. The first-order chi connectivity index (χ1) is 7.93. The van der Waals surface area contributed by atoms with Crippen LogP contribution in [0.15, 0.2) is 42.7 Å². The topological polar surface area (TPSA) is 51.6 Å². The van der Waals surface area contributed by atoms with Crippen LogP contribution in [0.4, 0.5) is 0 Å². The van der Waals surface area contributed by atoms with Crippen molar-refractivity contribution in [2.75, 3.05) is 0 Å². The summed E-state index contributed by atoms with van der Waals surface area (Å²) in [6.07, 6.45) is 6.19. The lowest BCUT2D eigenvalue weighted by Gasteiger charge is -1.99. The number of rotatable bonds is 1. The zero-order valence-corrected chi connectivity index (χ0v) is 8.33. The first kappa shape index (κ1) is 8.91. The van der Waals surface area contributed by atoms with Crippen molar-refractivity contribution in [1.82, 2.24) is 19.9 Å². The Kier molecular flexibility index (Phi) is 2.04. The molecule has 75 valence electrons. The van der Waals surface area contributed by atoms with Crippen LogP contribution >= 0.6 is 0 Å². The Morgan fingerprint density at radius 1 is 0.875 bits per heavy atom. The van der Waals surface area contributed by atoms with E-state index in [1.165, 1.54) is 0 Å².